The van der Waals surface area contributed by atoms with Gasteiger partial charge in [0.1, 0.15) is 19.0 Å². The Hall–Kier alpha value is -2.04. The highest BCUT2D eigenvalue weighted by atomic mass is 16.6. The number of hydrogen-bond donors (Lipinski definition) is 1. The number of carbonyl (C=O) groups is 1. The van der Waals surface area contributed by atoms with Crippen LogP contribution in [0.5, 0.6) is 0 Å². The average Bonchev–Trinajstić information content (AvgIpc) is 2.80. The van der Waals surface area contributed by atoms with Crippen molar-refractivity contribution < 1.29 is 9.63 Å². The normalized spacial score (nSPS) is 14.1. The molecule has 1 aliphatic heterocycles. The molecule has 5 heteroatoms. The predicted octanol–water partition coefficient (Wildman–Crippen LogP) is 0.338. The Morgan fingerprint density at radius 2 is 2.40 bits per heavy atom. The van der Waals surface area contributed by atoms with Crippen LogP contribution in [-0.4, -0.2) is 22.7 Å². The topological polar surface area (TPSA) is 56.1 Å². The van der Waals surface area contributed by atoms with E-state index in [2.05, 4.69) is 10.3 Å². The first-order valence-corrected chi connectivity index (χ1v) is 4.62. The number of aromatic nitrogens is 2. The fraction of sp³-hybridized carbons (Fsp3) is 0.200. The number of hydrogen-bond acceptors (Lipinski definition) is 3. The maximum atomic E-state index is 11.4. The average molecular weight is 203 g/mol. The highest BCUT2D eigenvalue weighted by Crippen LogP contribution is 2.22. The van der Waals surface area contributed by atoms with Crippen molar-refractivity contribution in [1.29, 1.82) is 0 Å². The third kappa shape index (κ3) is 1.03. The Morgan fingerprint density at radius 1 is 1.53 bits per heavy atom. The summed E-state index contributed by atoms with van der Waals surface area (Å²) in [6, 6.07) is 3.72. The summed E-state index contributed by atoms with van der Waals surface area (Å²) in [5, 5.41) is 2.77. The van der Waals surface area contributed by atoms with Crippen LogP contribution in [0.4, 0.5) is 0 Å². The minimum atomic E-state index is -0.0288. The molecule has 0 unspecified atom stereocenters. The molecule has 0 atom stereocenters. The number of nitrogens with one attached hydrogen (secondary N) is 1. The lowest BCUT2D eigenvalue weighted by atomic mass is 10.1. The zero-order chi connectivity index (χ0) is 10.4. The van der Waals surface area contributed by atoms with Gasteiger partial charge in [0.05, 0.1) is 5.52 Å². The zero-order valence-electron chi connectivity index (χ0n) is 8.15. The molecule has 0 saturated carbocycles. The molecule has 0 spiro atoms. The Balaban J connectivity index is 2.32. The summed E-state index contributed by atoms with van der Waals surface area (Å²) in [4.78, 5) is 20.7. The molecule has 0 radical (unpaired) electrons. The van der Waals surface area contributed by atoms with E-state index < -0.39 is 0 Å². The standard InChI is InChI=1S/C10H9N3O2/c1-15-13-5-12-8-3-7-6(2-9(8)13)4-11-10(7)14/h2-3,5H,4H2,1H3,(H,11,14). The van der Waals surface area contributed by atoms with Gasteiger partial charge in [-0.15, -0.1) is 0 Å². The van der Waals surface area contributed by atoms with Gasteiger partial charge in [-0.2, -0.15) is 4.73 Å². The summed E-state index contributed by atoms with van der Waals surface area (Å²) in [5.41, 5.74) is 3.36. The molecule has 1 aliphatic rings. The van der Waals surface area contributed by atoms with E-state index in [9.17, 15) is 4.79 Å². The molecule has 1 aromatic heterocycles. The van der Waals surface area contributed by atoms with E-state index in [-0.39, 0.29) is 5.91 Å². The van der Waals surface area contributed by atoms with Gasteiger partial charge in [-0.05, 0) is 17.7 Å². The summed E-state index contributed by atoms with van der Waals surface area (Å²) in [7, 11) is 1.58. The van der Waals surface area contributed by atoms with Gasteiger partial charge < -0.3 is 10.2 Å². The molecule has 5 nitrogen and oxygen atoms in total. The molecule has 0 fully saturated rings. The van der Waals surface area contributed by atoms with E-state index in [4.69, 9.17) is 4.84 Å². The molecule has 0 bridgehead atoms. The van der Waals surface area contributed by atoms with E-state index in [0.717, 1.165) is 16.6 Å². The third-order valence-electron chi connectivity index (χ3n) is 2.62. The van der Waals surface area contributed by atoms with Crippen molar-refractivity contribution in [2.45, 2.75) is 6.54 Å². The van der Waals surface area contributed by atoms with Crippen LogP contribution in [0.3, 0.4) is 0 Å². The quantitative estimate of drug-likeness (QED) is 0.727. The van der Waals surface area contributed by atoms with Gasteiger partial charge in [0.15, 0.2) is 0 Å². The largest absolute Gasteiger partial charge is 0.416 e. The van der Waals surface area contributed by atoms with Crippen molar-refractivity contribution in [2.24, 2.45) is 0 Å². The summed E-state index contributed by atoms with van der Waals surface area (Å²) in [5.74, 6) is -0.0288. The monoisotopic (exact) mass is 203 g/mol. The van der Waals surface area contributed by atoms with Gasteiger partial charge in [-0.3, -0.25) is 4.79 Å². The lowest BCUT2D eigenvalue weighted by Crippen LogP contribution is -2.12. The van der Waals surface area contributed by atoms with Gasteiger partial charge in [0.2, 0.25) is 0 Å². The highest BCUT2D eigenvalue weighted by Gasteiger charge is 2.20. The number of fused-ring (bicyclic) bond motifs is 2. The molecule has 0 aliphatic carbocycles. The lowest BCUT2D eigenvalue weighted by Gasteiger charge is -2.01. The Bertz CT molecular complexity index is 559. The van der Waals surface area contributed by atoms with E-state index in [1.165, 1.54) is 0 Å². The van der Waals surface area contributed by atoms with Crippen molar-refractivity contribution in [2.75, 3.05) is 7.11 Å². The number of carbonyl (C=O) groups excluding carboxylic acids is 1. The van der Waals surface area contributed by atoms with Crippen LogP contribution in [-0.2, 0) is 6.54 Å². The fourth-order valence-corrected chi connectivity index (χ4v) is 1.85. The SMILES string of the molecule is COn1cnc2cc3c(cc21)CNC3=O. The summed E-state index contributed by atoms with van der Waals surface area (Å²) < 4.78 is 1.58. The number of rotatable bonds is 1. The van der Waals surface area contributed by atoms with E-state index in [0.29, 0.717) is 12.1 Å². The molecule has 1 aromatic carbocycles. The van der Waals surface area contributed by atoms with Crippen LogP contribution in [0.25, 0.3) is 11.0 Å². The van der Waals surface area contributed by atoms with Crippen LogP contribution in [0.2, 0.25) is 0 Å². The minimum Gasteiger partial charge on any atom is -0.416 e. The van der Waals surface area contributed by atoms with Gasteiger partial charge in [0.25, 0.3) is 5.91 Å². The smallest absolute Gasteiger partial charge is 0.251 e. The van der Waals surface area contributed by atoms with Crippen LogP contribution in [0.15, 0.2) is 18.5 Å². The first-order valence-electron chi connectivity index (χ1n) is 4.62. The Morgan fingerprint density at radius 3 is 3.20 bits per heavy atom. The van der Waals surface area contributed by atoms with Crippen LogP contribution in [0, 0.1) is 0 Å². The maximum Gasteiger partial charge on any atom is 0.251 e. The van der Waals surface area contributed by atoms with Crippen molar-refractivity contribution in [3.05, 3.63) is 29.6 Å². The van der Waals surface area contributed by atoms with Gasteiger partial charge >= 0.3 is 0 Å². The zero-order valence-corrected chi connectivity index (χ0v) is 8.15. The van der Waals surface area contributed by atoms with E-state index in [1.807, 2.05) is 6.07 Å². The van der Waals surface area contributed by atoms with Gasteiger partial charge in [0, 0.05) is 12.1 Å². The lowest BCUT2D eigenvalue weighted by molar-refractivity contribution is 0.0966. The van der Waals surface area contributed by atoms with Crippen LogP contribution in [0.1, 0.15) is 15.9 Å². The molecule has 15 heavy (non-hydrogen) atoms. The molecule has 2 heterocycles. The van der Waals surface area contributed by atoms with Crippen molar-refractivity contribution in [3.63, 3.8) is 0 Å². The highest BCUT2D eigenvalue weighted by molar-refractivity contribution is 6.01. The van der Waals surface area contributed by atoms with Gasteiger partial charge in [-0.25, -0.2) is 4.98 Å². The number of imidazole rings is 1. The van der Waals surface area contributed by atoms with Crippen molar-refractivity contribution in [3.8, 4) is 0 Å². The summed E-state index contributed by atoms with van der Waals surface area (Å²) in [6.07, 6.45) is 1.59. The molecule has 76 valence electrons. The van der Waals surface area contributed by atoms with Crippen LogP contribution < -0.4 is 10.2 Å². The Labute approximate surface area is 85.6 Å². The van der Waals surface area contributed by atoms with Gasteiger partial charge in [-0.1, -0.05) is 0 Å². The van der Waals surface area contributed by atoms with Crippen molar-refractivity contribution >= 4 is 16.9 Å². The number of benzene rings is 1. The molecule has 0 saturated heterocycles. The Kier molecular flexibility index (Phi) is 1.50. The number of amides is 1. The predicted molar refractivity (Wildman–Crippen MR) is 53.4 cm³/mol. The third-order valence-corrected chi connectivity index (χ3v) is 2.62. The van der Waals surface area contributed by atoms with Crippen LogP contribution >= 0.6 is 0 Å². The fourth-order valence-electron chi connectivity index (χ4n) is 1.85. The minimum absolute atomic E-state index is 0.0288. The summed E-state index contributed by atoms with van der Waals surface area (Å²) in [6.45, 7) is 0.582. The molecule has 1 amide bonds. The second kappa shape index (κ2) is 2.73. The first-order chi connectivity index (χ1) is 7.29. The molecule has 2 aromatic rings. The van der Waals surface area contributed by atoms with Crippen molar-refractivity contribution in [1.82, 2.24) is 15.0 Å². The van der Waals surface area contributed by atoms with E-state index in [1.54, 1.807) is 24.2 Å². The molecule has 1 N–H and O–H groups in total. The molecular formula is C10H9N3O2. The first kappa shape index (κ1) is 8.28. The second-order valence-corrected chi connectivity index (χ2v) is 3.43. The second-order valence-electron chi connectivity index (χ2n) is 3.43. The maximum absolute atomic E-state index is 11.4. The summed E-state index contributed by atoms with van der Waals surface area (Å²) >= 11 is 0. The number of nitrogens with zero attached hydrogens (tertiary/aromatic N) is 2. The van der Waals surface area contributed by atoms with E-state index >= 15 is 0 Å². The molecular weight excluding hydrogens is 194 g/mol. The molecule has 3 rings (SSSR count).